The van der Waals surface area contributed by atoms with Gasteiger partial charge in [0.25, 0.3) is 5.91 Å². The van der Waals surface area contributed by atoms with Crippen LogP contribution in [0.1, 0.15) is 38.5 Å². The molecule has 18 heavy (non-hydrogen) atoms. The van der Waals surface area contributed by atoms with Gasteiger partial charge >= 0.3 is 0 Å². The molecule has 0 saturated carbocycles. The van der Waals surface area contributed by atoms with Crippen molar-refractivity contribution in [3.63, 3.8) is 0 Å². The highest BCUT2D eigenvalue weighted by atomic mass is 32.1. The van der Waals surface area contributed by atoms with Gasteiger partial charge < -0.3 is 4.74 Å². The molecular formula is C13H20N2O2S. The first kappa shape index (κ1) is 13.5. The first-order valence-corrected chi connectivity index (χ1v) is 7.32. The largest absolute Gasteiger partial charge is 0.365 e. The van der Waals surface area contributed by atoms with Crippen molar-refractivity contribution in [3.8, 4) is 0 Å². The number of anilines is 1. The van der Waals surface area contributed by atoms with E-state index >= 15 is 0 Å². The van der Waals surface area contributed by atoms with Crippen molar-refractivity contribution in [1.82, 2.24) is 4.98 Å². The summed E-state index contributed by atoms with van der Waals surface area (Å²) >= 11 is 1.55. The van der Waals surface area contributed by atoms with Crippen molar-refractivity contribution in [3.05, 3.63) is 11.1 Å². The second-order valence-electron chi connectivity index (χ2n) is 4.95. The Hall–Kier alpha value is -0.940. The average Bonchev–Trinajstić information content (AvgIpc) is 2.86. The standard InChI is InChI=1S/C13H20N2O2S/c1-4-5-10-7-14-13(18-10)15-12(16)11-8(2)6-9(3)17-11/h7-9,11H,4-6H2,1-3H3,(H,14,15,16). The van der Waals surface area contributed by atoms with Crippen LogP contribution >= 0.6 is 11.3 Å². The third kappa shape index (κ3) is 3.09. The number of ether oxygens (including phenoxy) is 1. The normalized spacial score (nSPS) is 27.4. The number of aromatic nitrogens is 1. The Morgan fingerprint density at radius 3 is 3.00 bits per heavy atom. The lowest BCUT2D eigenvalue weighted by Gasteiger charge is -2.13. The zero-order chi connectivity index (χ0) is 13.1. The van der Waals surface area contributed by atoms with Gasteiger partial charge in [-0.2, -0.15) is 0 Å². The predicted molar refractivity (Wildman–Crippen MR) is 72.9 cm³/mol. The molecule has 0 radical (unpaired) electrons. The Bertz CT molecular complexity index is 419. The second-order valence-corrected chi connectivity index (χ2v) is 6.07. The van der Waals surface area contributed by atoms with Crippen LogP contribution in [0.5, 0.6) is 0 Å². The van der Waals surface area contributed by atoms with Crippen molar-refractivity contribution in [2.45, 2.75) is 52.2 Å². The van der Waals surface area contributed by atoms with Gasteiger partial charge in [-0.3, -0.25) is 10.1 Å². The summed E-state index contributed by atoms with van der Waals surface area (Å²) in [6.07, 6.45) is 4.72. The monoisotopic (exact) mass is 268 g/mol. The van der Waals surface area contributed by atoms with E-state index in [-0.39, 0.29) is 24.0 Å². The molecule has 0 aliphatic carbocycles. The first-order chi connectivity index (χ1) is 8.60. The third-order valence-corrected chi connectivity index (χ3v) is 4.11. The second kappa shape index (κ2) is 5.80. The maximum Gasteiger partial charge on any atom is 0.255 e. The molecule has 2 heterocycles. The number of hydrogen-bond acceptors (Lipinski definition) is 4. The lowest BCUT2D eigenvalue weighted by molar-refractivity contribution is -0.127. The van der Waals surface area contributed by atoms with Crippen LogP contribution in [-0.2, 0) is 16.0 Å². The van der Waals surface area contributed by atoms with Gasteiger partial charge in [-0.1, -0.05) is 20.3 Å². The molecule has 5 heteroatoms. The number of rotatable bonds is 4. The molecule has 1 fully saturated rings. The lowest BCUT2D eigenvalue weighted by Crippen LogP contribution is -2.31. The van der Waals surface area contributed by atoms with Crippen LogP contribution in [0.3, 0.4) is 0 Å². The smallest absolute Gasteiger partial charge is 0.255 e. The molecule has 1 aliphatic rings. The quantitative estimate of drug-likeness (QED) is 0.913. The maximum atomic E-state index is 12.1. The highest BCUT2D eigenvalue weighted by Gasteiger charge is 2.35. The van der Waals surface area contributed by atoms with E-state index in [0.29, 0.717) is 5.13 Å². The molecule has 0 spiro atoms. The number of nitrogens with one attached hydrogen (secondary N) is 1. The molecule has 1 saturated heterocycles. The van der Waals surface area contributed by atoms with Gasteiger partial charge in [0.1, 0.15) is 6.10 Å². The number of carbonyl (C=O) groups is 1. The summed E-state index contributed by atoms with van der Waals surface area (Å²) < 4.78 is 5.63. The van der Waals surface area contributed by atoms with Gasteiger partial charge in [0.15, 0.2) is 5.13 Å². The van der Waals surface area contributed by atoms with Crippen LogP contribution in [0.4, 0.5) is 5.13 Å². The van der Waals surface area contributed by atoms with Crippen LogP contribution < -0.4 is 5.32 Å². The van der Waals surface area contributed by atoms with Crippen LogP contribution in [0, 0.1) is 5.92 Å². The topological polar surface area (TPSA) is 51.2 Å². The van der Waals surface area contributed by atoms with Crippen molar-refractivity contribution in [1.29, 1.82) is 0 Å². The minimum absolute atomic E-state index is 0.0655. The van der Waals surface area contributed by atoms with E-state index in [1.54, 1.807) is 11.3 Å². The Balaban J connectivity index is 1.94. The van der Waals surface area contributed by atoms with Gasteiger partial charge in [-0.25, -0.2) is 4.98 Å². The Morgan fingerprint density at radius 2 is 2.39 bits per heavy atom. The molecule has 1 aliphatic heterocycles. The summed E-state index contributed by atoms with van der Waals surface area (Å²) in [5, 5.41) is 3.54. The fourth-order valence-electron chi connectivity index (χ4n) is 2.31. The molecule has 1 amide bonds. The molecule has 1 N–H and O–H groups in total. The fraction of sp³-hybridized carbons (Fsp3) is 0.692. The molecule has 2 rings (SSSR count). The third-order valence-electron chi connectivity index (χ3n) is 3.14. The first-order valence-electron chi connectivity index (χ1n) is 6.51. The Morgan fingerprint density at radius 1 is 1.61 bits per heavy atom. The van der Waals surface area contributed by atoms with Crippen LogP contribution in [-0.4, -0.2) is 23.1 Å². The predicted octanol–water partition coefficient (Wildman–Crippen LogP) is 2.85. The van der Waals surface area contributed by atoms with Gasteiger partial charge in [-0.05, 0) is 25.7 Å². The van der Waals surface area contributed by atoms with E-state index in [1.807, 2.05) is 13.1 Å². The van der Waals surface area contributed by atoms with E-state index in [9.17, 15) is 4.79 Å². The minimum Gasteiger partial charge on any atom is -0.365 e. The van der Waals surface area contributed by atoms with Crippen molar-refractivity contribution in [2.75, 3.05) is 5.32 Å². The van der Waals surface area contributed by atoms with Gasteiger partial charge in [0.2, 0.25) is 0 Å². The summed E-state index contributed by atoms with van der Waals surface area (Å²) in [7, 11) is 0. The van der Waals surface area contributed by atoms with Gasteiger partial charge in [0, 0.05) is 11.1 Å². The number of aryl methyl sites for hydroxylation is 1. The molecule has 100 valence electrons. The SMILES string of the molecule is CCCc1cnc(NC(=O)C2OC(C)CC2C)s1. The average molecular weight is 268 g/mol. The number of nitrogens with zero attached hydrogens (tertiary/aromatic N) is 1. The fourth-order valence-corrected chi connectivity index (χ4v) is 3.23. The molecule has 1 aromatic heterocycles. The molecule has 0 bridgehead atoms. The van der Waals surface area contributed by atoms with Gasteiger partial charge in [-0.15, -0.1) is 11.3 Å². The van der Waals surface area contributed by atoms with Gasteiger partial charge in [0.05, 0.1) is 6.10 Å². The summed E-state index contributed by atoms with van der Waals surface area (Å²) in [4.78, 5) is 17.5. The summed E-state index contributed by atoms with van der Waals surface area (Å²) in [6.45, 7) is 6.19. The molecule has 0 aromatic carbocycles. The van der Waals surface area contributed by atoms with Crippen molar-refractivity contribution < 1.29 is 9.53 Å². The van der Waals surface area contributed by atoms with Crippen LogP contribution in [0.2, 0.25) is 0 Å². The number of carbonyl (C=O) groups excluding carboxylic acids is 1. The van der Waals surface area contributed by atoms with E-state index in [4.69, 9.17) is 4.74 Å². The van der Waals surface area contributed by atoms with Crippen LogP contribution in [0.25, 0.3) is 0 Å². The highest BCUT2D eigenvalue weighted by Crippen LogP contribution is 2.27. The van der Waals surface area contributed by atoms with Crippen molar-refractivity contribution in [2.24, 2.45) is 5.92 Å². The van der Waals surface area contributed by atoms with E-state index in [1.165, 1.54) is 4.88 Å². The minimum atomic E-state index is -0.335. The zero-order valence-electron chi connectivity index (χ0n) is 11.1. The summed E-state index contributed by atoms with van der Waals surface area (Å²) in [5.41, 5.74) is 0. The molecule has 3 unspecified atom stereocenters. The van der Waals surface area contributed by atoms with E-state index in [0.717, 1.165) is 19.3 Å². The highest BCUT2D eigenvalue weighted by molar-refractivity contribution is 7.15. The van der Waals surface area contributed by atoms with E-state index < -0.39 is 0 Å². The Labute approximate surface area is 112 Å². The lowest BCUT2D eigenvalue weighted by atomic mass is 10.0. The van der Waals surface area contributed by atoms with Crippen LogP contribution in [0.15, 0.2) is 6.20 Å². The number of hydrogen-bond donors (Lipinski definition) is 1. The summed E-state index contributed by atoms with van der Waals surface area (Å²) in [6, 6.07) is 0. The number of thiazole rings is 1. The maximum absolute atomic E-state index is 12.1. The van der Waals surface area contributed by atoms with E-state index in [2.05, 4.69) is 24.1 Å². The zero-order valence-corrected chi connectivity index (χ0v) is 11.9. The molecule has 3 atom stereocenters. The molecular weight excluding hydrogens is 248 g/mol. The van der Waals surface area contributed by atoms with Crippen molar-refractivity contribution >= 4 is 22.4 Å². The summed E-state index contributed by atoms with van der Waals surface area (Å²) in [5.74, 6) is 0.208. The Kier molecular flexibility index (Phi) is 4.35. The molecule has 1 aromatic rings. The number of amides is 1. The molecule has 4 nitrogen and oxygen atoms in total.